The molecule has 5 nitrogen and oxygen atoms in total. The maximum absolute atomic E-state index is 12.3. The van der Waals surface area contributed by atoms with Gasteiger partial charge in [0.15, 0.2) is 5.78 Å². The summed E-state index contributed by atoms with van der Waals surface area (Å²) in [5, 5.41) is 12.8. The predicted molar refractivity (Wildman–Crippen MR) is 107 cm³/mol. The van der Waals surface area contributed by atoms with Crippen LogP contribution in [0.25, 0.3) is 6.08 Å². The van der Waals surface area contributed by atoms with Crippen LogP contribution < -0.4 is 10.1 Å². The summed E-state index contributed by atoms with van der Waals surface area (Å²) in [4.78, 5) is 23.3. The van der Waals surface area contributed by atoms with Crippen LogP contribution in [0.4, 0.5) is 5.69 Å². The SMILES string of the molecule is CC(=O)Nc1ccc(/C=C/C(=O)c2ccc(OCC=C(C)C)cc2O)cc1. The Hall–Kier alpha value is -3.34. The van der Waals surface area contributed by atoms with Crippen molar-refractivity contribution in [2.45, 2.75) is 20.8 Å². The molecule has 2 rings (SSSR count). The van der Waals surface area contributed by atoms with Crippen molar-refractivity contribution in [2.24, 2.45) is 0 Å². The molecule has 0 atom stereocenters. The number of anilines is 1. The highest BCUT2D eigenvalue weighted by Gasteiger charge is 2.09. The summed E-state index contributed by atoms with van der Waals surface area (Å²) in [5.74, 6) is -0.0778. The van der Waals surface area contributed by atoms with Crippen LogP contribution in [0.5, 0.6) is 11.5 Å². The van der Waals surface area contributed by atoms with Gasteiger partial charge in [-0.2, -0.15) is 0 Å². The van der Waals surface area contributed by atoms with E-state index in [1.165, 1.54) is 19.1 Å². The van der Waals surface area contributed by atoms with Gasteiger partial charge < -0.3 is 15.2 Å². The maximum Gasteiger partial charge on any atom is 0.221 e. The van der Waals surface area contributed by atoms with Crippen LogP contribution in [0, 0.1) is 0 Å². The molecule has 2 aromatic rings. The van der Waals surface area contributed by atoms with Crippen molar-refractivity contribution in [2.75, 3.05) is 11.9 Å². The van der Waals surface area contributed by atoms with Crippen LogP contribution in [0.2, 0.25) is 0 Å². The number of hydrogen-bond donors (Lipinski definition) is 2. The second-order valence-electron chi connectivity index (χ2n) is 6.27. The molecule has 0 fully saturated rings. The normalized spacial score (nSPS) is 10.5. The molecule has 0 heterocycles. The minimum atomic E-state index is -0.311. The molecule has 0 aromatic heterocycles. The molecule has 27 heavy (non-hydrogen) atoms. The van der Waals surface area contributed by atoms with E-state index in [4.69, 9.17) is 4.74 Å². The second-order valence-corrected chi connectivity index (χ2v) is 6.27. The molecule has 0 aliphatic rings. The first-order chi connectivity index (χ1) is 12.8. The van der Waals surface area contributed by atoms with E-state index in [1.807, 2.05) is 19.9 Å². The number of phenols is 1. The third-order valence-corrected chi connectivity index (χ3v) is 3.63. The van der Waals surface area contributed by atoms with E-state index in [9.17, 15) is 14.7 Å². The number of allylic oxidation sites excluding steroid dienone is 2. The molecule has 0 saturated carbocycles. The summed E-state index contributed by atoms with van der Waals surface area (Å²) >= 11 is 0. The van der Waals surface area contributed by atoms with Gasteiger partial charge in [0.25, 0.3) is 0 Å². The molecule has 0 unspecified atom stereocenters. The average molecular weight is 365 g/mol. The van der Waals surface area contributed by atoms with Crippen molar-refractivity contribution in [3.63, 3.8) is 0 Å². The van der Waals surface area contributed by atoms with Crippen molar-refractivity contribution < 1.29 is 19.4 Å². The van der Waals surface area contributed by atoms with E-state index >= 15 is 0 Å². The van der Waals surface area contributed by atoms with E-state index in [1.54, 1.807) is 42.5 Å². The minimum absolute atomic E-state index is 0.125. The summed E-state index contributed by atoms with van der Waals surface area (Å²) in [5.41, 5.74) is 2.84. The third-order valence-electron chi connectivity index (χ3n) is 3.63. The Morgan fingerprint density at radius 3 is 2.37 bits per heavy atom. The first-order valence-electron chi connectivity index (χ1n) is 8.54. The third kappa shape index (κ3) is 6.47. The van der Waals surface area contributed by atoms with Crippen LogP contribution in [0.15, 0.2) is 60.2 Å². The number of hydrogen-bond acceptors (Lipinski definition) is 4. The number of aromatic hydroxyl groups is 1. The Balaban J connectivity index is 2.03. The van der Waals surface area contributed by atoms with E-state index in [-0.39, 0.29) is 23.0 Å². The topological polar surface area (TPSA) is 75.6 Å². The predicted octanol–water partition coefficient (Wildman–Crippen LogP) is 4.59. The van der Waals surface area contributed by atoms with Gasteiger partial charge in [-0.1, -0.05) is 23.8 Å². The molecule has 0 bridgehead atoms. The zero-order valence-electron chi connectivity index (χ0n) is 15.7. The molecule has 0 aliphatic heterocycles. The lowest BCUT2D eigenvalue weighted by atomic mass is 10.1. The Bertz CT molecular complexity index is 876. The highest BCUT2D eigenvalue weighted by atomic mass is 16.5. The lowest BCUT2D eigenvalue weighted by molar-refractivity contribution is -0.114. The standard InChI is InChI=1S/C22H23NO4/c1-15(2)12-13-27-19-9-10-20(22(26)14-19)21(25)11-6-17-4-7-18(8-5-17)23-16(3)24/h4-12,14,26H,13H2,1-3H3,(H,23,24)/b11-6+. The lowest BCUT2D eigenvalue weighted by Crippen LogP contribution is -2.05. The minimum Gasteiger partial charge on any atom is -0.507 e. The van der Waals surface area contributed by atoms with Gasteiger partial charge in [0.1, 0.15) is 18.1 Å². The van der Waals surface area contributed by atoms with Gasteiger partial charge in [-0.05, 0) is 55.8 Å². The fourth-order valence-corrected chi connectivity index (χ4v) is 2.26. The molecule has 5 heteroatoms. The number of carbonyl (C=O) groups is 2. The van der Waals surface area contributed by atoms with Crippen molar-refractivity contribution in [1.29, 1.82) is 0 Å². The monoisotopic (exact) mass is 365 g/mol. The number of nitrogens with one attached hydrogen (secondary N) is 1. The Morgan fingerprint density at radius 1 is 1.07 bits per heavy atom. The molecule has 0 saturated heterocycles. The average Bonchev–Trinajstić information content (AvgIpc) is 2.60. The molecular weight excluding hydrogens is 342 g/mol. The van der Waals surface area contributed by atoms with Crippen LogP contribution in [0.1, 0.15) is 36.7 Å². The quantitative estimate of drug-likeness (QED) is 0.427. The zero-order chi connectivity index (χ0) is 19.8. The zero-order valence-corrected chi connectivity index (χ0v) is 15.7. The number of ether oxygens (including phenoxy) is 1. The Kier molecular flexibility index (Phi) is 6.94. The number of carbonyl (C=O) groups excluding carboxylic acids is 2. The summed E-state index contributed by atoms with van der Waals surface area (Å²) < 4.78 is 5.50. The first kappa shape index (κ1) is 20.0. The van der Waals surface area contributed by atoms with Crippen molar-refractivity contribution in [1.82, 2.24) is 0 Å². The first-order valence-corrected chi connectivity index (χ1v) is 8.54. The summed E-state index contributed by atoms with van der Waals surface area (Å²) in [7, 11) is 0. The van der Waals surface area contributed by atoms with E-state index in [2.05, 4.69) is 5.32 Å². The largest absolute Gasteiger partial charge is 0.507 e. The number of amides is 1. The number of rotatable bonds is 7. The van der Waals surface area contributed by atoms with Crippen molar-refractivity contribution in [3.8, 4) is 11.5 Å². The van der Waals surface area contributed by atoms with Gasteiger partial charge in [-0.25, -0.2) is 0 Å². The Morgan fingerprint density at radius 2 is 1.78 bits per heavy atom. The fraction of sp³-hybridized carbons (Fsp3) is 0.182. The summed E-state index contributed by atoms with van der Waals surface area (Å²) in [6.45, 7) is 5.80. The van der Waals surface area contributed by atoms with Crippen molar-refractivity contribution >= 4 is 23.5 Å². The fourth-order valence-electron chi connectivity index (χ4n) is 2.26. The van der Waals surface area contributed by atoms with Gasteiger partial charge >= 0.3 is 0 Å². The van der Waals surface area contributed by atoms with Crippen molar-refractivity contribution in [3.05, 3.63) is 71.3 Å². The molecule has 0 radical (unpaired) electrons. The molecule has 0 aliphatic carbocycles. The lowest BCUT2D eigenvalue weighted by Gasteiger charge is -2.06. The number of ketones is 1. The maximum atomic E-state index is 12.3. The number of phenolic OH excluding ortho intramolecular Hbond substituents is 1. The molecule has 2 aromatic carbocycles. The molecule has 1 amide bonds. The van der Waals surface area contributed by atoms with Gasteiger partial charge in [0.05, 0.1) is 5.56 Å². The van der Waals surface area contributed by atoms with Gasteiger partial charge in [-0.15, -0.1) is 0 Å². The van der Waals surface area contributed by atoms with E-state index < -0.39 is 0 Å². The summed E-state index contributed by atoms with van der Waals surface area (Å²) in [6.07, 6.45) is 4.97. The smallest absolute Gasteiger partial charge is 0.221 e. The second kappa shape index (κ2) is 9.38. The van der Waals surface area contributed by atoms with E-state index in [0.717, 1.165) is 11.1 Å². The van der Waals surface area contributed by atoms with Crippen LogP contribution in [0.3, 0.4) is 0 Å². The molecule has 140 valence electrons. The van der Waals surface area contributed by atoms with Crippen LogP contribution in [-0.4, -0.2) is 23.4 Å². The number of benzene rings is 2. The van der Waals surface area contributed by atoms with Gasteiger partial charge in [0.2, 0.25) is 5.91 Å². The molecular formula is C22H23NO4. The Labute approximate surface area is 159 Å². The van der Waals surface area contributed by atoms with E-state index in [0.29, 0.717) is 18.0 Å². The summed E-state index contributed by atoms with van der Waals surface area (Å²) in [6, 6.07) is 11.7. The highest BCUT2D eigenvalue weighted by molar-refractivity contribution is 6.08. The highest BCUT2D eigenvalue weighted by Crippen LogP contribution is 2.24. The van der Waals surface area contributed by atoms with Gasteiger partial charge in [0, 0.05) is 18.7 Å². The van der Waals surface area contributed by atoms with Gasteiger partial charge in [-0.3, -0.25) is 9.59 Å². The van der Waals surface area contributed by atoms with Crippen LogP contribution >= 0.6 is 0 Å². The van der Waals surface area contributed by atoms with Crippen LogP contribution in [-0.2, 0) is 4.79 Å². The molecule has 0 spiro atoms. The molecule has 2 N–H and O–H groups in total.